The second kappa shape index (κ2) is 7.15. The fourth-order valence-corrected chi connectivity index (χ4v) is 3.73. The molecule has 2 aliphatic heterocycles. The van der Waals surface area contributed by atoms with Gasteiger partial charge < -0.3 is 14.5 Å². The maximum atomic E-state index is 12.7. The van der Waals surface area contributed by atoms with Gasteiger partial charge in [-0.1, -0.05) is 6.42 Å². The fraction of sp³-hybridized carbons (Fsp3) is 0.722. The number of ether oxygens (including phenoxy) is 1. The first-order chi connectivity index (χ1) is 12.2. The van der Waals surface area contributed by atoms with Gasteiger partial charge in [-0.15, -0.1) is 5.10 Å². The Hall–Kier alpha value is -1.89. The number of hydrogen-bond acceptors (Lipinski definition) is 5. The molecule has 25 heavy (non-hydrogen) atoms. The molecule has 0 unspecified atom stereocenters. The molecule has 1 saturated carbocycles. The summed E-state index contributed by atoms with van der Waals surface area (Å²) in [4.78, 5) is 19.2. The molecule has 4 rings (SSSR count). The molecule has 3 aliphatic rings. The van der Waals surface area contributed by atoms with Crippen molar-refractivity contribution in [1.29, 1.82) is 0 Å². The lowest BCUT2D eigenvalue weighted by molar-refractivity contribution is 0.0277. The summed E-state index contributed by atoms with van der Waals surface area (Å²) in [6.07, 6.45) is 5.14. The standard InChI is InChI=1S/C18H27N5O2/c1-14-6-7-17(20-19-14)25-16-12-23(13-16)18(24)22-9-3-8-21(10-11-22)15-4-2-5-15/h6-7,15-16H,2-5,8-13H2,1H3. The predicted molar refractivity (Wildman–Crippen MR) is 93.6 cm³/mol. The van der Waals surface area contributed by atoms with E-state index in [-0.39, 0.29) is 12.1 Å². The van der Waals surface area contributed by atoms with E-state index in [1.165, 1.54) is 19.3 Å². The summed E-state index contributed by atoms with van der Waals surface area (Å²) >= 11 is 0. The Morgan fingerprint density at radius 2 is 1.88 bits per heavy atom. The van der Waals surface area contributed by atoms with Gasteiger partial charge in [0.2, 0.25) is 5.88 Å². The lowest BCUT2D eigenvalue weighted by Gasteiger charge is -2.41. The highest BCUT2D eigenvalue weighted by Gasteiger charge is 2.36. The van der Waals surface area contributed by atoms with Crippen LogP contribution in [0.3, 0.4) is 0 Å². The van der Waals surface area contributed by atoms with E-state index >= 15 is 0 Å². The van der Waals surface area contributed by atoms with Crippen LogP contribution in [0.4, 0.5) is 4.79 Å². The smallest absolute Gasteiger partial charge is 0.320 e. The minimum absolute atomic E-state index is 0.0272. The molecule has 0 N–H and O–H groups in total. The number of urea groups is 1. The molecule has 7 nitrogen and oxygen atoms in total. The Bertz CT molecular complexity index is 598. The average Bonchev–Trinajstić information content (AvgIpc) is 2.76. The van der Waals surface area contributed by atoms with E-state index in [0.29, 0.717) is 19.0 Å². The summed E-state index contributed by atoms with van der Waals surface area (Å²) in [6, 6.07) is 4.64. The largest absolute Gasteiger partial charge is 0.469 e. The quantitative estimate of drug-likeness (QED) is 0.831. The van der Waals surface area contributed by atoms with Gasteiger partial charge in [0.15, 0.2) is 0 Å². The van der Waals surface area contributed by atoms with Crippen LogP contribution < -0.4 is 4.74 Å². The Morgan fingerprint density at radius 3 is 2.56 bits per heavy atom. The maximum Gasteiger partial charge on any atom is 0.320 e. The molecule has 1 aliphatic carbocycles. The van der Waals surface area contributed by atoms with Crippen LogP contribution >= 0.6 is 0 Å². The van der Waals surface area contributed by atoms with Gasteiger partial charge in [0.1, 0.15) is 6.10 Å². The van der Waals surface area contributed by atoms with Crippen molar-refractivity contribution in [3.05, 3.63) is 17.8 Å². The fourth-order valence-electron chi connectivity index (χ4n) is 3.73. The third-order valence-electron chi connectivity index (χ3n) is 5.57. The highest BCUT2D eigenvalue weighted by molar-refractivity contribution is 5.75. The van der Waals surface area contributed by atoms with Crippen molar-refractivity contribution in [1.82, 2.24) is 24.9 Å². The maximum absolute atomic E-state index is 12.7. The van der Waals surface area contributed by atoms with Gasteiger partial charge >= 0.3 is 6.03 Å². The second-order valence-electron chi connectivity index (χ2n) is 7.40. The van der Waals surface area contributed by atoms with E-state index < -0.39 is 0 Å². The molecule has 3 fully saturated rings. The summed E-state index contributed by atoms with van der Waals surface area (Å²) < 4.78 is 5.77. The Kier molecular flexibility index (Phi) is 4.74. The lowest BCUT2D eigenvalue weighted by Crippen LogP contribution is -2.60. The molecule has 3 heterocycles. The Morgan fingerprint density at radius 1 is 1.04 bits per heavy atom. The number of carbonyl (C=O) groups is 1. The molecule has 2 saturated heterocycles. The molecular weight excluding hydrogens is 318 g/mol. The van der Waals surface area contributed by atoms with Crippen molar-refractivity contribution in [2.45, 2.75) is 44.8 Å². The number of aryl methyl sites for hydroxylation is 1. The summed E-state index contributed by atoms with van der Waals surface area (Å²) in [5, 5.41) is 8.01. The van der Waals surface area contributed by atoms with Crippen molar-refractivity contribution in [3.8, 4) is 5.88 Å². The van der Waals surface area contributed by atoms with E-state index in [2.05, 4.69) is 15.1 Å². The molecule has 136 valence electrons. The first kappa shape index (κ1) is 16.6. The van der Waals surface area contributed by atoms with Gasteiger partial charge in [-0.2, -0.15) is 5.10 Å². The van der Waals surface area contributed by atoms with Crippen LogP contribution in [0.5, 0.6) is 5.88 Å². The summed E-state index contributed by atoms with van der Waals surface area (Å²) in [7, 11) is 0. The molecule has 1 aromatic rings. The molecule has 0 aromatic carbocycles. The zero-order valence-corrected chi connectivity index (χ0v) is 14.9. The molecule has 2 amide bonds. The van der Waals surface area contributed by atoms with Crippen molar-refractivity contribution >= 4 is 6.03 Å². The average molecular weight is 345 g/mol. The number of aromatic nitrogens is 2. The first-order valence-electron chi connectivity index (χ1n) is 9.44. The number of carbonyl (C=O) groups excluding carboxylic acids is 1. The molecule has 7 heteroatoms. The van der Waals surface area contributed by atoms with E-state index in [1.807, 2.05) is 28.9 Å². The molecule has 0 bridgehead atoms. The predicted octanol–water partition coefficient (Wildman–Crippen LogP) is 1.53. The molecule has 0 spiro atoms. The van der Waals surface area contributed by atoms with E-state index in [0.717, 1.165) is 44.3 Å². The van der Waals surface area contributed by atoms with Gasteiger partial charge in [0.05, 0.1) is 18.8 Å². The topological polar surface area (TPSA) is 61.8 Å². The van der Waals surface area contributed by atoms with Crippen LogP contribution in [0.2, 0.25) is 0 Å². The molecule has 0 radical (unpaired) electrons. The van der Waals surface area contributed by atoms with Gasteiger partial charge in [-0.05, 0) is 32.3 Å². The number of amides is 2. The zero-order valence-electron chi connectivity index (χ0n) is 14.9. The van der Waals surface area contributed by atoms with Crippen LogP contribution in [0.25, 0.3) is 0 Å². The monoisotopic (exact) mass is 345 g/mol. The van der Waals surface area contributed by atoms with E-state index in [1.54, 1.807) is 0 Å². The lowest BCUT2D eigenvalue weighted by atomic mass is 9.91. The normalized spacial score (nSPS) is 22.9. The third-order valence-corrected chi connectivity index (χ3v) is 5.57. The molecular formula is C18H27N5O2. The van der Waals surface area contributed by atoms with Crippen molar-refractivity contribution < 1.29 is 9.53 Å². The van der Waals surface area contributed by atoms with Gasteiger partial charge in [0, 0.05) is 38.3 Å². The van der Waals surface area contributed by atoms with Gasteiger partial charge in [0.25, 0.3) is 0 Å². The Labute approximate surface area is 148 Å². The molecule has 0 atom stereocenters. The minimum Gasteiger partial charge on any atom is -0.469 e. The van der Waals surface area contributed by atoms with Crippen LogP contribution in [-0.2, 0) is 0 Å². The summed E-state index contributed by atoms with van der Waals surface area (Å²) in [5.41, 5.74) is 0.870. The Balaban J connectivity index is 1.23. The second-order valence-corrected chi connectivity index (χ2v) is 7.40. The summed E-state index contributed by atoms with van der Waals surface area (Å²) in [5.74, 6) is 0.536. The third kappa shape index (κ3) is 3.71. The van der Waals surface area contributed by atoms with Gasteiger partial charge in [-0.3, -0.25) is 4.90 Å². The minimum atomic E-state index is 0.0272. The highest BCUT2D eigenvalue weighted by Crippen LogP contribution is 2.26. The number of nitrogens with zero attached hydrogens (tertiary/aromatic N) is 5. The first-order valence-corrected chi connectivity index (χ1v) is 9.44. The van der Waals surface area contributed by atoms with Crippen molar-refractivity contribution in [2.75, 3.05) is 39.3 Å². The van der Waals surface area contributed by atoms with Crippen LogP contribution in [0.1, 0.15) is 31.4 Å². The van der Waals surface area contributed by atoms with E-state index in [4.69, 9.17) is 4.74 Å². The van der Waals surface area contributed by atoms with E-state index in [9.17, 15) is 4.79 Å². The van der Waals surface area contributed by atoms with Crippen LogP contribution in [-0.4, -0.2) is 82.3 Å². The van der Waals surface area contributed by atoms with Crippen LogP contribution in [0.15, 0.2) is 12.1 Å². The van der Waals surface area contributed by atoms with Gasteiger partial charge in [-0.25, -0.2) is 4.79 Å². The SMILES string of the molecule is Cc1ccc(OC2CN(C(=O)N3CCCN(C4CCC4)CC3)C2)nn1. The number of hydrogen-bond donors (Lipinski definition) is 0. The highest BCUT2D eigenvalue weighted by atomic mass is 16.5. The summed E-state index contributed by atoms with van der Waals surface area (Å²) in [6.45, 7) is 7.03. The molecule has 1 aromatic heterocycles. The number of likely N-dealkylation sites (tertiary alicyclic amines) is 1. The number of rotatable bonds is 3. The zero-order chi connectivity index (χ0) is 17.2. The van der Waals surface area contributed by atoms with Crippen molar-refractivity contribution in [3.63, 3.8) is 0 Å². The van der Waals surface area contributed by atoms with Crippen molar-refractivity contribution in [2.24, 2.45) is 0 Å². The van der Waals surface area contributed by atoms with Crippen LogP contribution in [0, 0.1) is 6.92 Å².